The summed E-state index contributed by atoms with van der Waals surface area (Å²) in [5, 5.41) is 0. The van der Waals surface area contributed by atoms with Gasteiger partial charge in [-0.3, -0.25) is 0 Å². The molecule has 0 aromatic carbocycles. The predicted octanol–water partition coefficient (Wildman–Crippen LogP) is 4.00. The highest BCUT2D eigenvalue weighted by atomic mass is 16.5. The molecule has 3 rings (SSSR count). The highest BCUT2D eigenvalue weighted by Gasteiger charge is 2.34. The fourth-order valence-electron chi connectivity index (χ4n) is 3.89. The lowest BCUT2D eigenvalue weighted by Crippen LogP contribution is -2.13. The van der Waals surface area contributed by atoms with Crippen LogP contribution in [0, 0.1) is 5.92 Å². The van der Waals surface area contributed by atoms with Crippen LogP contribution >= 0.6 is 0 Å². The Morgan fingerprint density at radius 2 is 1.38 bits per heavy atom. The van der Waals surface area contributed by atoms with E-state index in [9.17, 15) is 0 Å². The van der Waals surface area contributed by atoms with Crippen LogP contribution in [0.15, 0.2) is 22.3 Å². The maximum Gasteiger partial charge on any atom is 0.0565 e. The molecule has 0 radical (unpaired) electrons. The van der Waals surface area contributed by atoms with Crippen molar-refractivity contribution in [2.45, 2.75) is 51.4 Å². The molecular formula is C15H22O. The molecule has 0 aliphatic heterocycles. The Hall–Kier alpha value is -0.560. The van der Waals surface area contributed by atoms with Crippen molar-refractivity contribution in [3.8, 4) is 0 Å². The van der Waals surface area contributed by atoms with Gasteiger partial charge in [0.15, 0.2) is 0 Å². The van der Waals surface area contributed by atoms with Crippen LogP contribution in [0.2, 0.25) is 0 Å². The molecule has 1 heteroatoms. The van der Waals surface area contributed by atoms with Crippen molar-refractivity contribution >= 4 is 0 Å². The lowest BCUT2D eigenvalue weighted by atomic mass is 9.86. The van der Waals surface area contributed by atoms with Gasteiger partial charge in [-0.2, -0.15) is 0 Å². The zero-order chi connectivity index (χ0) is 11.0. The molecule has 1 nitrogen and oxygen atoms in total. The molecule has 88 valence electrons. The Kier molecular flexibility index (Phi) is 2.89. The molecule has 3 aliphatic carbocycles. The van der Waals surface area contributed by atoms with Gasteiger partial charge < -0.3 is 4.74 Å². The van der Waals surface area contributed by atoms with Crippen LogP contribution in [0.25, 0.3) is 0 Å². The fraction of sp³-hybridized carbons (Fsp3) is 0.733. The van der Waals surface area contributed by atoms with Crippen molar-refractivity contribution in [2.75, 3.05) is 13.7 Å². The summed E-state index contributed by atoms with van der Waals surface area (Å²) in [4.78, 5) is 0. The monoisotopic (exact) mass is 218 g/mol. The van der Waals surface area contributed by atoms with Crippen molar-refractivity contribution < 1.29 is 4.74 Å². The predicted molar refractivity (Wildman–Crippen MR) is 66.4 cm³/mol. The first-order valence-corrected chi connectivity index (χ1v) is 6.85. The minimum atomic E-state index is 0.676. The summed E-state index contributed by atoms with van der Waals surface area (Å²) in [6.07, 6.45) is 11.0. The Morgan fingerprint density at radius 3 is 1.88 bits per heavy atom. The van der Waals surface area contributed by atoms with E-state index in [-0.39, 0.29) is 0 Å². The smallest absolute Gasteiger partial charge is 0.0565 e. The van der Waals surface area contributed by atoms with Crippen molar-refractivity contribution in [1.29, 1.82) is 0 Å². The lowest BCUT2D eigenvalue weighted by Gasteiger charge is -2.21. The minimum absolute atomic E-state index is 0.676. The van der Waals surface area contributed by atoms with E-state index in [1.165, 1.54) is 51.4 Å². The molecule has 3 aliphatic rings. The Balaban J connectivity index is 1.96. The van der Waals surface area contributed by atoms with Crippen LogP contribution in [0.1, 0.15) is 51.4 Å². The molecular weight excluding hydrogens is 196 g/mol. The van der Waals surface area contributed by atoms with Crippen LogP contribution < -0.4 is 0 Å². The molecule has 0 spiro atoms. The number of hydrogen-bond donors (Lipinski definition) is 0. The zero-order valence-corrected chi connectivity index (χ0v) is 10.3. The second kappa shape index (κ2) is 4.37. The quantitative estimate of drug-likeness (QED) is 0.680. The third kappa shape index (κ3) is 1.57. The van der Waals surface area contributed by atoms with E-state index in [4.69, 9.17) is 4.74 Å². The van der Waals surface area contributed by atoms with E-state index in [1.54, 1.807) is 22.3 Å². The molecule has 0 unspecified atom stereocenters. The maximum absolute atomic E-state index is 5.46. The number of rotatable bonds is 2. The van der Waals surface area contributed by atoms with Gasteiger partial charge in [-0.15, -0.1) is 0 Å². The summed E-state index contributed by atoms with van der Waals surface area (Å²) in [6, 6.07) is 0. The molecule has 0 bridgehead atoms. The molecule has 0 atom stereocenters. The first-order valence-electron chi connectivity index (χ1n) is 6.85. The third-order valence-electron chi connectivity index (χ3n) is 4.56. The highest BCUT2D eigenvalue weighted by Crippen LogP contribution is 2.49. The van der Waals surface area contributed by atoms with Crippen molar-refractivity contribution in [3.05, 3.63) is 22.3 Å². The molecule has 0 saturated carbocycles. The first-order chi connectivity index (χ1) is 7.92. The molecule has 0 fully saturated rings. The number of ether oxygens (including phenoxy) is 1. The van der Waals surface area contributed by atoms with E-state index in [1.807, 2.05) is 7.11 Å². The van der Waals surface area contributed by atoms with Gasteiger partial charge in [-0.05, 0) is 62.5 Å². The molecule has 0 amide bonds. The van der Waals surface area contributed by atoms with E-state index in [0.29, 0.717) is 5.92 Å². The van der Waals surface area contributed by atoms with Gasteiger partial charge in [-0.1, -0.05) is 11.1 Å². The first kappa shape index (κ1) is 10.6. The van der Waals surface area contributed by atoms with Crippen LogP contribution in [0.4, 0.5) is 0 Å². The second-order valence-electron chi connectivity index (χ2n) is 5.43. The lowest BCUT2D eigenvalue weighted by molar-refractivity contribution is 0.174. The topological polar surface area (TPSA) is 9.23 Å². The number of fused-ring (bicyclic) bond motifs is 1. The summed E-state index contributed by atoms with van der Waals surface area (Å²) in [5.74, 6) is 0.676. The normalized spacial score (nSPS) is 26.1. The van der Waals surface area contributed by atoms with Gasteiger partial charge in [0.25, 0.3) is 0 Å². The van der Waals surface area contributed by atoms with E-state index in [0.717, 1.165) is 6.61 Å². The summed E-state index contributed by atoms with van der Waals surface area (Å²) in [7, 11) is 1.85. The molecule has 0 aromatic rings. The van der Waals surface area contributed by atoms with Crippen LogP contribution in [0.5, 0.6) is 0 Å². The van der Waals surface area contributed by atoms with Crippen molar-refractivity contribution in [1.82, 2.24) is 0 Å². The summed E-state index contributed by atoms with van der Waals surface area (Å²) < 4.78 is 5.46. The second-order valence-corrected chi connectivity index (χ2v) is 5.43. The average molecular weight is 218 g/mol. The Bertz CT molecular complexity index is 316. The van der Waals surface area contributed by atoms with Gasteiger partial charge in [0, 0.05) is 13.0 Å². The Labute approximate surface area is 98.6 Å². The van der Waals surface area contributed by atoms with Crippen LogP contribution in [-0.2, 0) is 4.74 Å². The van der Waals surface area contributed by atoms with Gasteiger partial charge >= 0.3 is 0 Å². The highest BCUT2D eigenvalue weighted by molar-refractivity contribution is 5.51. The molecule has 0 aromatic heterocycles. The molecule has 16 heavy (non-hydrogen) atoms. The van der Waals surface area contributed by atoms with E-state index in [2.05, 4.69) is 0 Å². The summed E-state index contributed by atoms with van der Waals surface area (Å²) in [6.45, 7) is 0.928. The summed E-state index contributed by atoms with van der Waals surface area (Å²) in [5.41, 5.74) is 7.06. The minimum Gasteiger partial charge on any atom is -0.384 e. The number of allylic oxidation sites excluding steroid dienone is 2. The number of methoxy groups -OCH3 is 1. The van der Waals surface area contributed by atoms with Crippen molar-refractivity contribution in [3.63, 3.8) is 0 Å². The third-order valence-corrected chi connectivity index (χ3v) is 4.56. The van der Waals surface area contributed by atoms with Gasteiger partial charge in [0.05, 0.1) is 6.61 Å². The average Bonchev–Trinajstić information content (AvgIpc) is 2.66. The Morgan fingerprint density at radius 1 is 0.875 bits per heavy atom. The van der Waals surface area contributed by atoms with E-state index < -0.39 is 0 Å². The van der Waals surface area contributed by atoms with Crippen molar-refractivity contribution in [2.24, 2.45) is 5.92 Å². The van der Waals surface area contributed by atoms with Crippen LogP contribution in [-0.4, -0.2) is 13.7 Å². The van der Waals surface area contributed by atoms with Gasteiger partial charge in [0.1, 0.15) is 0 Å². The largest absolute Gasteiger partial charge is 0.384 e. The zero-order valence-electron chi connectivity index (χ0n) is 10.3. The van der Waals surface area contributed by atoms with Gasteiger partial charge in [-0.25, -0.2) is 0 Å². The molecule has 0 N–H and O–H groups in total. The standard InChI is InChI=1S/C15H22O/c1-16-10-15-13-8-4-2-6-11(13)12-7-3-5-9-14(12)15/h15H,2-10H2,1H3. The molecule has 0 saturated heterocycles. The summed E-state index contributed by atoms with van der Waals surface area (Å²) >= 11 is 0. The fourth-order valence-corrected chi connectivity index (χ4v) is 3.89. The maximum atomic E-state index is 5.46. The SMILES string of the molecule is COCC1C2=C(CCCC2)C2=C1CCCC2. The van der Waals surface area contributed by atoms with E-state index >= 15 is 0 Å². The number of hydrogen-bond acceptors (Lipinski definition) is 1. The van der Waals surface area contributed by atoms with Gasteiger partial charge in [0.2, 0.25) is 0 Å². The molecule has 0 heterocycles. The van der Waals surface area contributed by atoms with Crippen LogP contribution in [0.3, 0.4) is 0 Å².